The highest BCUT2D eigenvalue weighted by Crippen LogP contribution is 2.27. The molecule has 0 aromatic heterocycles. The Bertz CT molecular complexity index is 425. The Hall–Kier alpha value is -0.580. The van der Waals surface area contributed by atoms with Gasteiger partial charge in [-0.15, -0.1) is 0 Å². The third kappa shape index (κ3) is 4.47. The topological polar surface area (TPSA) is 24.5 Å². The predicted molar refractivity (Wildman–Crippen MR) is 87.2 cm³/mol. The number of nitrogens with one attached hydrogen (secondary N) is 1. The highest BCUT2D eigenvalue weighted by molar-refractivity contribution is 9.10. The van der Waals surface area contributed by atoms with Crippen molar-refractivity contribution in [1.82, 2.24) is 10.2 Å². The normalized spacial score (nSPS) is 20.1. The van der Waals surface area contributed by atoms with E-state index in [1.165, 1.54) is 31.5 Å². The van der Waals surface area contributed by atoms with Gasteiger partial charge in [-0.1, -0.05) is 13.0 Å². The van der Waals surface area contributed by atoms with E-state index in [2.05, 4.69) is 45.2 Å². The van der Waals surface area contributed by atoms with Crippen molar-refractivity contribution < 1.29 is 4.74 Å². The summed E-state index contributed by atoms with van der Waals surface area (Å²) in [5.41, 5.74) is 1.35. The number of likely N-dealkylation sites (tertiary alicyclic amines) is 1. The summed E-state index contributed by atoms with van der Waals surface area (Å²) in [5, 5.41) is 3.48. The molecule has 1 fully saturated rings. The third-order valence-electron chi connectivity index (χ3n) is 3.91. The van der Waals surface area contributed by atoms with E-state index in [1.807, 2.05) is 6.07 Å². The largest absolute Gasteiger partial charge is 0.496 e. The lowest BCUT2D eigenvalue weighted by Gasteiger charge is -2.33. The second-order valence-electron chi connectivity index (χ2n) is 5.52. The number of nitrogens with zero attached hydrogens (tertiary/aromatic N) is 1. The molecule has 1 saturated heterocycles. The lowest BCUT2D eigenvalue weighted by atomic mass is 9.97. The number of piperidine rings is 1. The lowest BCUT2D eigenvalue weighted by molar-refractivity contribution is 0.166. The molecule has 1 unspecified atom stereocenters. The molecule has 0 amide bonds. The van der Waals surface area contributed by atoms with E-state index in [-0.39, 0.29) is 0 Å². The van der Waals surface area contributed by atoms with Crippen LogP contribution in [0.4, 0.5) is 0 Å². The van der Waals surface area contributed by atoms with Crippen LogP contribution in [0.1, 0.15) is 25.3 Å². The van der Waals surface area contributed by atoms with Crippen LogP contribution in [0.2, 0.25) is 0 Å². The molecular weight excluding hydrogens is 316 g/mol. The molecule has 0 aliphatic carbocycles. The van der Waals surface area contributed by atoms with Crippen LogP contribution in [0.25, 0.3) is 0 Å². The summed E-state index contributed by atoms with van der Waals surface area (Å²) < 4.78 is 6.32. The Morgan fingerprint density at radius 2 is 2.30 bits per heavy atom. The van der Waals surface area contributed by atoms with Gasteiger partial charge >= 0.3 is 0 Å². The van der Waals surface area contributed by atoms with E-state index in [0.717, 1.165) is 35.8 Å². The molecule has 0 spiro atoms. The van der Waals surface area contributed by atoms with Gasteiger partial charge < -0.3 is 10.1 Å². The quantitative estimate of drug-likeness (QED) is 0.859. The molecule has 1 aliphatic heterocycles. The van der Waals surface area contributed by atoms with E-state index in [1.54, 1.807) is 7.11 Å². The summed E-state index contributed by atoms with van der Waals surface area (Å²) in [5.74, 6) is 1.70. The van der Waals surface area contributed by atoms with Crippen molar-refractivity contribution in [2.45, 2.75) is 26.3 Å². The van der Waals surface area contributed by atoms with Crippen molar-refractivity contribution in [3.05, 3.63) is 28.2 Å². The Morgan fingerprint density at radius 1 is 1.45 bits per heavy atom. The van der Waals surface area contributed by atoms with Crippen molar-refractivity contribution in [3.8, 4) is 5.75 Å². The highest BCUT2D eigenvalue weighted by Gasteiger charge is 2.19. The van der Waals surface area contributed by atoms with Crippen LogP contribution in [-0.2, 0) is 6.54 Å². The molecule has 1 aromatic carbocycles. The molecule has 20 heavy (non-hydrogen) atoms. The van der Waals surface area contributed by atoms with Crippen LogP contribution in [0, 0.1) is 5.92 Å². The summed E-state index contributed by atoms with van der Waals surface area (Å²) in [7, 11) is 1.70. The summed E-state index contributed by atoms with van der Waals surface area (Å²) >= 11 is 3.56. The molecule has 112 valence electrons. The SMILES string of the molecule is CCNCC1CCCN(Cc2ccc(OC)c(Br)c2)C1. The first-order valence-electron chi connectivity index (χ1n) is 7.48. The van der Waals surface area contributed by atoms with Gasteiger partial charge in [0.2, 0.25) is 0 Å². The van der Waals surface area contributed by atoms with E-state index < -0.39 is 0 Å². The van der Waals surface area contributed by atoms with Crippen molar-refractivity contribution in [2.24, 2.45) is 5.92 Å². The van der Waals surface area contributed by atoms with Crippen molar-refractivity contribution in [2.75, 3.05) is 33.3 Å². The van der Waals surface area contributed by atoms with Crippen LogP contribution in [-0.4, -0.2) is 38.2 Å². The number of hydrogen-bond acceptors (Lipinski definition) is 3. The Labute approximate surface area is 130 Å². The number of rotatable bonds is 6. The maximum Gasteiger partial charge on any atom is 0.133 e. The molecule has 1 heterocycles. The molecule has 0 saturated carbocycles. The smallest absolute Gasteiger partial charge is 0.133 e. The number of ether oxygens (including phenoxy) is 1. The van der Waals surface area contributed by atoms with Crippen molar-refractivity contribution >= 4 is 15.9 Å². The summed E-state index contributed by atoms with van der Waals surface area (Å²) in [6, 6.07) is 6.38. The molecule has 3 nitrogen and oxygen atoms in total. The van der Waals surface area contributed by atoms with Crippen LogP contribution < -0.4 is 10.1 Å². The van der Waals surface area contributed by atoms with Crippen LogP contribution >= 0.6 is 15.9 Å². The molecule has 0 radical (unpaired) electrons. The molecule has 1 aliphatic rings. The van der Waals surface area contributed by atoms with Crippen LogP contribution in [0.3, 0.4) is 0 Å². The number of methoxy groups -OCH3 is 1. The molecule has 2 rings (SSSR count). The zero-order chi connectivity index (χ0) is 14.4. The zero-order valence-corrected chi connectivity index (χ0v) is 14.1. The van der Waals surface area contributed by atoms with Gasteiger partial charge in [-0.3, -0.25) is 4.90 Å². The van der Waals surface area contributed by atoms with Gasteiger partial charge in [-0.2, -0.15) is 0 Å². The first-order valence-corrected chi connectivity index (χ1v) is 8.27. The van der Waals surface area contributed by atoms with E-state index in [0.29, 0.717) is 0 Å². The monoisotopic (exact) mass is 340 g/mol. The van der Waals surface area contributed by atoms with Gasteiger partial charge in [0.05, 0.1) is 11.6 Å². The molecular formula is C16H25BrN2O. The minimum Gasteiger partial charge on any atom is -0.496 e. The zero-order valence-electron chi connectivity index (χ0n) is 12.5. The molecule has 4 heteroatoms. The maximum atomic E-state index is 5.28. The van der Waals surface area contributed by atoms with E-state index in [9.17, 15) is 0 Å². The summed E-state index contributed by atoms with van der Waals surface area (Å²) in [6.45, 7) is 7.85. The van der Waals surface area contributed by atoms with E-state index in [4.69, 9.17) is 4.74 Å². The number of halogens is 1. The van der Waals surface area contributed by atoms with Crippen molar-refractivity contribution in [3.63, 3.8) is 0 Å². The predicted octanol–water partition coefficient (Wildman–Crippen LogP) is 3.28. The number of hydrogen-bond donors (Lipinski definition) is 1. The van der Waals surface area contributed by atoms with Gasteiger partial charge in [0, 0.05) is 13.1 Å². The average molecular weight is 341 g/mol. The fourth-order valence-corrected chi connectivity index (χ4v) is 3.46. The second kappa shape index (κ2) is 8.01. The lowest BCUT2D eigenvalue weighted by Crippen LogP contribution is -2.39. The Balaban J connectivity index is 1.90. The average Bonchev–Trinajstić information content (AvgIpc) is 2.46. The first-order chi connectivity index (χ1) is 9.72. The summed E-state index contributed by atoms with van der Waals surface area (Å²) in [6.07, 6.45) is 2.67. The van der Waals surface area contributed by atoms with Crippen LogP contribution in [0.15, 0.2) is 22.7 Å². The number of benzene rings is 1. The summed E-state index contributed by atoms with van der Waals surface area (Å²) in [4.78, 5) is 2.57. The molecule has 1 aromatic rings. The fraction of sp³-hybridized carbons (Fsp3) is 0.625. The first kappa shape index (κ1) is 15.8. The second-order valence-corrected chi connectivity index (χ2v) is 6.37. The molecule has 1 atom stereocenters. The minimum atomic E-state index is 0.797. The van der Waals surface area contributed by atoms with Gasteiger partial charge in [0.1, 0.15) is 5.75 Å². The van der Waals surface area contributed by atoms with Gasteiger partial charge in [0.15, 0.2) is 0 Å². The van der Waals surface area contributed by atoms with Crippen molar-refractivity contribution in [1.29, 1.82) is 0 Å². The van der Waals surface area contributed by atoms with Gasteiger partial charge in [-0.05, 0) is 72.0 Å². The van der Waals surface area contributed by atoms with E-state index >= 15 is 0 Å². The van der Waals surface area contributed by atoms with Crippen LogP contribution in [0.5, 0.6) is 5.75 Å². The minimum absolute atomic E-state index is 0.797. The van der Waals surface area contributed by atoms with Gasteiger partial charge in [0.25, 0.3) is 0 Å². The fourth-order valence-electron chi connectivity index (χ4n) is 2.88. The Kier molecular flexibility index (Phi) is 6.33. The highest BCUT2D eigenvalue weighted by atomic mass is 79.9. The third-order valence-corrected chi connectivity index (χ3v) is 4.53. The molecule has 0 bridgehead atoms. The van der Waals surface area contributed by atoms with Gasteiger partial charge in [-0.25, -0.2) is 0 Å². The maximum absolute atomic E-state index is 5.28. The molecule has 1 N–H and O–H groups in total. The Morgan fingerprint density at radius 3 is 3.00 bits per heavy atom. The standard InChI is InChI=1S/C16H25BrN2O/c1-3-18-10-14-5-4-8-19(12-14)11-13-6-7-16(20-2)15(17)9-13/h6-7,9,14,18H,3-5,8,10-12H2,1-2H3.